The van der Waals surface area contributed by atoms with Gasteiger partial charge in [-0.05, 0) is 43.3 Å². The molecule has 3 rings (SSSR count). The number of phenols is 1. The summed E-state index contributed by atoms with van der Waals surface area (Å²) in [6, 6.07) is 5.35. The van der Waals surface area contributed by atoms with Gasteiger partial charge >= 0.3 is 5.97 Å². The number of benzene rings is 1. The van der Waals surface area contributed by atoms with E-state index in [4.69, 9.17) is 4.74 Å². The summed E-state index contributed by atoms with van der Waals surface area (Å²) in [5.41, 5.74) is 1.48. The van der Waals surface area contributed by atoms with Crippen LogP contribution in [0.15, 0.2) is 36.7 Å². The zero-order valence-electron chi connectivity index (χ0n) is 12.8. The number of nitrogens with zero attached hydrogens (tertiary/aromatic N) is 3. The molecule has 3 aromatic rings. The van der Waals surface area contributed by atoms with Crippen LogP contribution in [-0.2, 0) is 4.74 Å². The fourth-order valence-corrected chi connectivity index (χ4v) is 2.16. The monoisotopic (exact) mass is 327 g/mol. The van der Waals surface area contributed by atoms with Crippen molar-refractivity contribution in [3.8, 4) is 5.75 Å². The van der Waals surface area contributed by atoms with E-state index in [-0.39, 0.29) is 17.9 Å². The third-order valence-electron chi connectivity index (χ3n) is 3.31. The van der Waals surface area contributed by atoms with Crippen LogP contribution >= 0.6 is 0 Å². The van der Waals surface area contributed by atoms with Gasteiger partial charge in [0.25, 0.3) is 0 Å². The average Bonchev–Trinajstić information content (AvgIpc) is 2.99. The van der Waals surface area contributed by atoms with Gasteiger partial charge in [0.2, 0.25) is 0 Å². The number of fused-ring (bicyclic) bond motifs is 1. The summed E-state index contributed by atoms with van der Waals surface area (Å²) in [5.74, 6) is -0.981. The second kappa shape index (κ2) is 6.49. The fourth-order valence-electron chi connectivity index (χ4n) is 2.16. The van der Waals surface area contributed by atoms with E-state index in [0.717, 1.165) is 0 Å². The summed E-state index contributed by atoms with van der Waals surface area (Å²) in [6.07, 6.45) is 6.19. The van der Waals surface area contributed by atoms with Crippen molar-refractivity contribution in [1.29, 1.82) is 0 Å². The van der Waals surface area contributed by atoms with Crippen LogP contribution < -0.4 is 0 Å². The van der Waals surface area contributed by atoms with E-state index in [1.165, 1.54) is 35.0 Å². The molecule has 0 spiro atoms. The predicted molar refractivity (Wildman–Crippen MR) is 85.9 cm³/mol. The Hall–Kier alpha value is -3.22. The topological polar surface area (TPSA) is 76.7 Å². The maximum Gasteiger partial charge on any atom is 0.343 e. The molecule has 0 saturated heterocycles. The van der Waals surface area contributed by atoms with Gasteiger partial charge in [-0.3, -0.25) is 0 Å². The van der Waals surface area contributed by atoms with Crippen molar-refractivity contribution in [3.05, 3.63) is 59.3 Å². The highest BCUT2D eigenvalue weighted by Crippen LogP contribution is 2.20. The summed E-state index contributed by atoms with van der Waals surface area (Å²) in [5, 5.41) is 13.8. The number of aromatic nitrogens is 3. The van der Waals surface area contributed by atoms with Crippen LogP contribution in [0.3, 0.4) is 0 Å². The van der Waals surface area contributed by atoms with Gasteiger partial charge in [-0.1, -0.05) is 0 Å². The Bertz CT molecular complexity index is 934. The van der Waals surface area contributed by atoms with E-state index < -0.39 is 11.8 Å². The first kappa shape index (κ1) is 15.7. The lowest BCUT2D eigenvalue weighted by molar-refractivity contribution is 0.0528. The number of hydrogen-bond donors (Lipinski definition) is 1. The number of phenolic OH excluding ortho intramolecular Hbond substituents is 1. The Morgan fingerprint density at radius 2 is 2.21 bits per heavy atom. The second-order valence-corrected chi connectivity index (χ2v) is 4.94. The zero-order chi connectivity index (χ0) is 17.1. The third kappa shape index (κ3) is 3.10. The van der Waals surface area contributed by atoms with Crippen LogP contribution in [0.1, 0.15) is 28.5 Å². The van der Waals surface area contributed by atoms with Gasteiger partial charge in [-0.2, -0.15) is 5.10 Å². The Morgan fingerprint density at radius 1 is 1.38 bits per heavy atom. The molecule has 6 nitrogen and oxygen atoms in total. The summed E-state index contributed by atoms with van der Waals surface area (Å²) in [7, 11) is 0. The first-order chi connectivity index (χ1) is 11.6. The predicted octanol–water partition coefficient (Wildman–Crippen LogP) is 2.92. The highest BCUT2D eigenvalue weighted by molar-refractivity contribution is 5.95. The number of hydrogen-bond acceptors (Lipinski definition) is 5. The minimum Gasteiger partial charge on any atom is -0.507 e. The average molecular weight is 327 g/mol. The largest absolute Gasteiger partial charge is 0.507 e. The first-order valence-electron chi connectivity index (χ1n) is 7.26. The Labute approximate surface area is 136 Å². The van der Waals surface area contributed by atoms with Gasteiger partial charge in [-0.25, -0.2) is 18.7 Å². The lowest BCUT2D eigenvalue weighted by Crippen LogP contribution is -2.05. The molecular formula is C17H14FN3O3. The highest BCUT2D eigenvalue weighted by atomic mass is 19.1. The van der Waals surface area contributed by atoms with Crippen molar-refractivity contribution in [3.63, 3.8) is 0 Å². The molecule has 7 heteroatoms. The number of ether oxygens (including phenoxy) is 1. The molecule has 2 aromatic heterocycles. The van der Waals surface area contributed by atoms with Gasteiger partial charge < -0.3 is 9.84 Å². The molecule has 0 fully saturated rings. The molecule has 2 heterocycles. The Kier molecular flexibility index (Phi) is 4.24. The van der Waals surface area contributed by atoms with Crippen molar-refractivity contribution in [2.24, 2.45) is 0 Å². The molecule has 0 saturated carbocycles. The van der Waals surface area contributed by atoms with E-state index in [0.29, 0.717) is 16.9 Å². The number of rotatable bonds is 4. The van der Waals surface area contributed by atoms with Crippen molar-refractivity contribution in [2.75, 3.05) is 6.61 Å². The van der Waals surface area contributed by atoms with Gasteiger partial charge in [-0.15, -0.1) is 0 Å². The van der Waals surface area contributed by atoms with Crippen LogP contribution in [0.5, 0.6) is 5.75 Å². The van der Waals surface area contributed by atoms with Gasteiger partial charge in [0.15, 0.2) is 5.65 Å². The summed E-state index contributed by atoms with van der Waals surface area (Å²) < 4.78 is 19.7. The van der Waals surface area contributed by atoms with Crippen LogP contribution in [0.4, 0.5) is 4.39 Å². The molecule has 1 aromatic carbocycles. The van der Waals surface area contributed by atoms with Crippen molar-refractivity contribution in [2.45, 2.75) is 6.92 Å². The maximum atomic E-state index is 13.2. The number of carbonyl (C=O) groups is 1. The van der Waals surface area contributed by atoms with Crippen molar-refractivity contribution >= 4 is 23.8 Å². The molecule has 0 aliphatic carbocycles. The molecule has 24 heavy (non-hydrogen) atoms. The number of carbonyl (C=O) groups excluding carboxylic acids is 1. The molecule has 0 radical (unpaired) electrons. The van der Waals surface area contributed by atoms with Crippen LogP contribution in [-0.4, -0.2) is 32.3 Å². The number of esters is 1. The molecule has 0 atom stereocenters. The molecule has 0 bridgehead atoms. The molecule has 0 aliphatic rings. The van der Waals surface area contributed by atoms with E-state index in [1.807, 2.05) is 0 Å². The molecule has 1 N–H and O–H groups in total. The van der Waals surface area contributed by atoms with Gasteiger partial charge in [0.1, 0.15) is 17.1 Å². The quantitative estimate of drug-likeness (QED) is 0.746. The SMILES string of the molecule is CCOC(=O)c1cnn2ccc(C=Cc3cc(F)ccc3O)nc12. The smallest absolute Gasteiger partial charge is 0.343 e. The van der Waals surface area contributed by atoms with Crippen LogP contribution in [0, 0.1) is 5.82 Å². The molecule has 0 aliphatic heterocycles. The normalized spacial score (nSPS) is 11.2. The van der Waals surface area contributed by atoms with E-state index >= 15 is 0 Å². The van der Waals surface area contributed by atoms with Crippen LogP contribution in [0.25, 0.3) is 17.8 Å². The number of halogens is 1. The lowest BCUT2D eigenvalue weighted by atomic mass is 10.1. The lowest BCUT2D eigenvalue weighted by Gasteiger charge is -2.01. The minimum absolute atomic E-state index is 0.0368. The van der Waals surface area contributed by atoms with Crippen molar-refractivity contribution < 1.29 is 19.0 Å². The molecule has 0 unspecified atom stereocenters. The maximum absolute atomic E-state index is 13.2. The van der Waals surface area contributed by atoms with Crippen molar-refractivity contribution in [1.82, 2.24) is 14.6 Å². The summed E-state index contributed by atoms with van der Waals surface area (Å²) in [4.78, 5) is 16.2. The van der Waals surface area contributed by atoms with E-state index in [1.54, 1.807) is 25.3 Å². The number of aromatic hydroxyl groups is 1. The Morgan fingerprint density at radius 3 is 3.00 bits per heavy atom. The summed E-state index contributed by atoms with van der Waals surface area (Å²) in [6.45, 7) is 1.98. The Balaban J connectivity index is 1.95. The third-order valence-corrected chi connectivity index (χ3v) is 3.31. The molecular weight excluding hydrogens is 313 g/mol. The second-order valence-electron chi connectivity index (χ2n) is 4.94. The van der Waals surface area contributed by atoms with E-state index in [2.05, 4.69) is 10.1 Å². The first-order valence-corrected chi connectivity index (χ1v) is 7.26. The standard InChI is InChI=1S/C17H14FN3O3/c1-2-24-17(23)14-10-19-21-8-7-13(20-16(14)21)5-3-11-9-12(18)4-6-15(11)22/h3-10,22H,2H2,1H3. The minimum atomic E-state index is -0.496. The van der Waals surface area contributed by atoms with Crippen LogP contribution in [0.2, 0.25) is 0 Å². The van der Waals surface area contributed by atoms with E-state index in [9.17, 15) is 14.3 Å². The molecule has 0 amide bonds. The highest BCUT2D eigenvalue weighted by Gasteiger charge is 2.15. The van der Waals surface area contributed by atoms with Gasteiger partial charge in [0, 0.05) is 11.8 Å². The summed E-state index contributed by atoms with van der Waals surface area (Å²) >= 11 is 0. The molecule has 122 valence electrons. The van der Waals surface area contributed by atoms with Gasteiger partial charge in [0.05, 0.1) is 18.5 Å². The zero-order valence-corrected chi connectivity index (χ0v) is 12.8. The fraction of sp³-hybridized carbons (Fsp3) is 0.118.